The lowest BCUT2D eigenvalue weighted by Gasteiger charge is -2.30. The molecule has 4 nitrogen and oxygen atoms in total. The SMILES string of the molecule is CC1(C)C[C@@H]1C(=O)N1CC(=O)Nc2cc(Br)ccc21. The molecule has 1 aromatic carbocycles. The van der Waals surface area contributed by atoms with Crippen LogP contribution in [0.2, 0.25) is 0 Å². The normalized spacial score (nSPS) is 23.6. The molecule has 100 valence electrons. The van der Waals surface area contributed by atoms with Gasteiger partial charge in [0.25, 0.3) is 0 Å². The molecule has 5 heteroatoms. The Morgan fingerprint density at radius 2 is 2.16 bits per heavy atom. The summed E-state index contributed by atoms with van der Waals surface area (Å²) in [5.41, 5.74) is 1.55. The zero-order valence-corrected chi connectivity index (χ0v) is 12.5. The highest BCUT2D eigenvalue weighted by Gasteiger charge is 2.52. The number of fused-ring (bicyclic) bond motifs is 1. The van der Waals surface area contributed by atoms with Gasteiger partial charge in [-0.3, -0.25) is 9.59 Å². The number of amides is 2. The van der Waals surface area contributed by atoms with E-state index in [1.165, 1.54) is 0 Å². The molecule has 1 atom stereocenters. The Balaban J connectivity index is 1.95. The van der Waals surface area contributed by atoms with Gasteiger partial charge in [0.05, 0.1) is 11.4 Å². The fourth-order valence-electron chi connectivity index (χ4n) is 2.54. The first-order valence-corrected chi connectivity index (χ1v) is 7.08. The molecule has 0 bridgehead atoms. The quantitative estimate of drug-likeness (QED) is 0.864. The molecular weight excluding hydrogens is 308 g/mol. The predicted octanol–water partition coefficient (Wildman–Crippen LogP) is 2.78. The maximum atomic E-state index is 12.5. The minimum atomic E-state index is -0.141. The van der Waals surface area contributed by atoms with Crippen LogP contribution >= 0.6 is 15.9 Å². The van der Waals surface area contributed by atoms with E-state index in [0.29, 0.717) is 5.69 Å². The van der Waals surface area contributed by atoms with Crippen molar-refractivity contribution in [3.05, 3.63) is 22.7 Å². The van der Waals surface area contributed by atoms with Gasteiger partial charge in [-0.2, -0.15) is 0 Å². The van der Waals surface area contributed by atoms with Gasteiger partial charge in [-0.05, 0) is 30.0 Å². The van der Waals surface area contributed by atoms with E-state index in [1.54, 1.807) is 4.90 Å². The number of benzene rings is 1. The number of halogens is 1. The van der Waals surface area contributed by atoms with Gasteiger partial charge in [0.15, 0.2) is 0 Å². The number of hydrogen-bond acceptors (Lipinski definition) is 2. The summed E-state index contributed by atoms with van der Waals surface area (Å²) in [4.78, 5) is 25.9. The molecule has 19 heavy (non-hydrogen) atoms. The highest BCUT2D eigenvalue weighted by atomic mass is 79.9. The Bertz CT molecular complexity index is 583. The lowest BCUT2D eigenvalue weighted by Crippen LogP contribution is -2.43. The lowest BCUT2D eigenvalue weighted by atomic mass is 10.1. The smallest absolute Gasteiger partial charge is 0.244 e. The van der Waals surface area contributed by atoms with E-state index in [2.05, 4.69) is 35.1 Å². The van der Waals surface area contributed by atoms with Gasteiger partial charge >= 0.3 is 0 Å². The highest BCUT2D eigenvalue weighted by molar-refractivity contribution is 9.10. The fraction of sp³-hybridized carbons (Fsp3) is 0.429. The van der Waals surface area contributed by atoms with Crippen LogP contribution in [-0.4, -0.2) is 18.4 Å². The van der Waals surface area contributed by atoms with Gasteiger partial charge in [-0.15, -0.1) is 0 Å². The first kappa shape index (κ1) is 12.7. The second-order valence-electron chi connectivity index (χ2n) is 5.88. The molecule has 1 N–H and O–H groups in total. The number of carbonyl (C=O) groups is 2. The van der Waals surface area contributed by atoms with Crippen LogP contribution in [0.5, 0.6) is 0 Å². The molecule has 1 aliphatic carbocycles. The summed E-state index contributed by atoms with van der Waals surface area (Å²) in [5.74, 6) is -0.0456. The summed E-state index contributed by atoms with van der Waals surface area (Å²) in [6.45, 7) is 4.28. The fourth-order valence-corrected chi connectivity index (χ4v) is 2.90. The molecular formula is C14H15BrN2O2. The molecule has 1 fully saturated rings. The maximum absolute atomic E-state index is 12.5. The van der Waals surface area contributed by atoms with Crippen molar-refractivity contribution < 1.29 is 9.59 Å². The highest BCUT2D eigenvalue weighted by Crippen LogP contribution is 2.53. The van der Waals surface area contributed by atoms with Gasteiger partial charge in [0.1, 0.15) is 6.54 Å². The molecule has 0 spiro atoms. The zero-order valence-electron chi connectivity index (χ0n) is 10.9. The third-order valence-electron chi connectivity index (χ3n) is 3.90. The van der Waals surface area contributed by atoms with Crippen LogP contribution in [0.25, 0.3) is 0 Å². The van der Waals surface area contributed by atoms with Crippen molar-refractivity contribution >= 4 is 39.1 Å². The number of hydrogen-bond donors (Lipinski definition) is 1. The zero-order chi connectivity index (χ0) is 13.8. The molecule has 0 aromatic heterocycles. The van der Waals surface area contributed by atoms with Crippen LogP contribution in [0.4, 0.5) is 11.4 Å². The molecule has 2 amide bonds. The van der Waals surface area contributed by atoms with Crippen LogP contribution in [0, 0.1) is 11.3 Å². The number of anilines is 2. The Kier molecular flexibility index (Phi) is 2.71. The van der Waals surface area contributed by atoms with Crippen molar-refractivity contribution in [1.29, 1.82) is 0 Å². The largest absolute Gasteiger partial charge is 0.323 e. The predicted molar refractivity (Wildman–Crippen MR) is 77.0 cm³/mol. The molecule has 1 heterocycles. The topological polar surface area (TPSA) is 49.4 Å². The molecule has 3 rings (SSSR count). The average molecular weight is 323 g/mol. The van der Waals surface area contributed by atoms with E-state index in [9.17, 15) is 9.59 Å². The van der Waals surface area contributed by atoms with Gasteiger partial charge in [-0.1, -0.05) is 29.8 Å². The molecule has 0 unspecified atom stereocenters. The van der Waals surface area contributed by atoms with E-state index >= 15 is 0 Å². The Labute approximate surface area is 120 Å². The van der Waals surface area contributed by atoms with Gasteiger partial charge in [0, 0.05) is 10.4 Å². The number of carbonyl (C=O) groups excluding carboxylic acids is 2. The minimum absolute atomic E-state index is 0.0369. The van der Waals surface area contributed by atoms with Crippen LogP contribution in [0.15, 0.2) is 22.7 Å². The van der Waals surface area contributed by atoms with Crippen molar-refractivity contribution in [2.75, 3.05) is 16.8 Å². The molecule has 0 radical (unpaired) electrons. The third-order valence-corrected chi connectivity index (χ3v) is 4.40. The van der Waals surface area contributed by atoms with Crippen molar-refractivity contribution in [3.63, 3.8) is 0 Å². The maximum Gasteiger partial charge on any atom is 0.244 e. The van der Waals surface area contributed by atoms with Gasteiger partial charge in [-0.25, -0.2) is 0 Å². The van der Waals surface area contributed by atoms with Crippen LogP contribution in [0.1, 0.15) is 20.3 Å². The monoisotopic (exact) mass is 322 g/mol. The number of nitrogens with one attached hydrogen (secondary N) is 1. The van der Waals surface area contributed by atoms with Crippen LogP contribution in [0.3, 0.4) is 0 Å². The summed E-state index contributed by atoms with van der Waals surface area (Å²) in [6, 6.07) is 5.57. The van der Waals surface area contributed by atoms with E-state index in [4.69, 9.17) is 0 Å². The summed E-state index contributed by atoms with van der Waals surface area (Å²) >= 11 is 3.37. The minimum Gasteiger partial charge on any atom is -0.323 e. The second-order valence-corrected chi connectivity index (χ2v) is 6.79. The van der Waals surface area contributed by atoms with Crippen molar-refractivity contribution in [2.45, 2.75) is 20.3 Å². The van der Waals surface area contributed by atoms with E-state index < -0.39 is 0 Å². The second kappa shape index (κ2) is 4.07. The molecule has 1 saturated carbocycles. The van der Waals surface area contributed by atoms with Crippen molar-refractivity contribution in [2.24, 2.45) is 11.3 Å². The number of rotatable bonds is 1. The molecule has 0 saturated heterocycles. The first-order valence-electron chi connectivity index (χ1n) is 6.29. The van der Waals surface area contributed by atoms with Crippen LogP contribution < -0.4 is 10.2 Å². The number of nitrogens with zero attached hydrogens (tertiary/aromatic N) is 1. The Hall–Kier alpha value is -1.36. The average Bonchev–Trinajstić information content (AvgIpc) is 2.96. The standard InChI is InChI=1S/C14H15BrN2O2/c1-14(2)6-9(14)13(19)17-7-12(18)16-10-5-8(15)3-4-11(10)17/h3-5,9H,6-7H2,1-2H3,(H,16,18)/t9-/m1/s1. The summed E-state index contributed by atoms with van der Waals surface area (Å²) in [5, 5.41) is 2.80. The van der Waals surface area contributed by atoms with Gasteiger partial charge < -0.3 is 10.2 Å². The molecule has 1 aromatic rings. The van der Waals surface area contributed by atoms with E-state index in [-0.39, 0.29) is 29.7 Å². The van der Waals surface area contributed by atoms with E-state index in [1.807, 2.05) is 18.2 Å². The van der Waals surface area contributed by atoms with E-state index in [0.717, 1.165) is 16.6 Å². The third kappa shape index (κ3) is 2.16. The lowest BCUT2D eigenvalue weighted by molar-refractivity contribution is -0.123. The summed E-state index contributed by atoms with van der Waals surface area (Å²) < 4.78 is 0.882. The van der Waals surface area contributed by atoms with Crippen molar-refractivity contribution in [3.8, 4) is 0 Å². The Morgan fingerprint density at radius 3 is 2.79 bits per heavy atom. The van der Waals surface area contributed by atoms with Crippen LogP contribution in [-0.2, 0) is 9.59 Å². The van der Waals surface area contributed by atoms with Gasteiger partial charge in [0.2, 0.25) is 11.8 Å². The molecule has 2 aliphatic rings. The Morgan fingerprint density at radius 1 is 1.47 bits per heavy atom. The first-order chi connectivity index (χ1) is 8.88. The van der Waals surface area contributed by atoms with Crippen molar-refractivity contribution in [1.82, 2.24) is 0 Å². The summed E-state index contributed by atoms with van der Waals surface area (Å²) in [6.07, 6.45) is 0.899. The summed E-state index contributed by atoms with van der Waals surface area (Å²) in [7, 11) is 0. The molecule has 1 aliphatic heterocycles.